The van der Waals surface area contributed by atoms with Crippen molar-refractivity contribution in [1.82, 2.24) is 5.32 Å². The van der Waals surface area contributed by atoms with Gasteiger partial charge in [0.2, 0.25) is 0 Å². The molecule has 0 bridgehead atoms. The molecule has 0 atom stereocenters. The van der Waals surface area contributed by atoms with Gasteiger partial charge in [-0.3, -0.25) is 9.59 Å². The molecule has 5 heteroatoms. The lowest BCUT2D eigenvalue weighted by Gasteiger charge is -2.10. The normalized spacial score (nSPS) is 10.5. The molecule has 2 rings (SSSR count). The number of carbonyl (C=O) groups is 2. The van der Waals surface area contributed by atoms with Crippen LogP contribution in [0, 0.1) is 10.5 Å². The van der Waals surface area contributed by atoms with Crippen LogP contribution < -0.4 is 10.6 Å². The van der Waals surface area contributed by atoms with Crippen LogP contribution in [-0.4, -0.2) is 17.9 Å². The monoisotopic (exact) mass is 422 g/mol. The van der Waals surface area contributed by atoms with Gasteiger partial charge in [0, 0.05) is 26.4 Å². The van der Waals surface area contributed by atoms with Gasteiger partial charge >= 0.3 is 0 Å². The number of halogens is 1. The van der Waals surface area contributed by atoms with Gasteiger partial charge < -0.3 is 10.6 Å². The fraction of sp³-hybridized carbons (Fsp3) is 0.222. The first-order valence-corrected chi connectivity index (χ1v) is 8.43. The molecule has 4 nitrogen and oxygen atoms in total. The Morgan fingerprint density at radius 1 is 0.957 bits per heavy atom. The van der Waals surface area contributed by atoms with Crippen LogP contribution in [0.4, 0.5) is 5.69 Å². The van der Waals surface area contributed by atoms with E-state index in [0.717, 1.165) is 9.13 Å². The molecule has 0 aliphatic heterocycles. The molecule has 0 spiro atoms. The van der Waals surface area contributed by atoms with E-state index in [0.29, 0.717) is 16.8 Å². The van der Waals surface area contributed by atoms with Gasteiger partial charge in [-0.05, 0) is 85.3 Å². The minimum absolute atomic E-state index is 0.0888. The first kappa shape index (κ1) is 17.5. The van der Waals surface area contributed by atoms with Gasteiger partial charge in [-0.25, -0.2) is 0 Å². The summed E-state index contributed by atoms with van der Waals surface area (Å²) in [4.78, 5) is 24.1. The summed E-state index contributed by atoms with van der Waals surface area (Å²) < 4.78 is 1.05. The van der Waals surface area contributed by atoms with Crippen molar-refractivity contribution in [1.29, 1.82) is 0 Å². The highest BCUT2D eigenvalue weighted by Crippen LogP contribution is 2.16. The van der Waals surface area contributed by atoms with Crippen LogP contribution in [0.15, 0.2) is 42.5 Å². The Morgan fingerprint density at radius 2 is 1.57 bits per heavy atom. The highest BCUT2D eigenvalue weighted by Gasteiger charge is 2.09. The third-order valence-electron chi connectivity index (χ3n) is 3.26. The van der Waals surface area contributed by atoms with Crippen molar-refractivity contribution in [3.63, 3.8) is 0 Å². The third-order valence-corrected chi connectivity index (χ3v) is 4.42. The number of amides is 2. The van der Waals surface area contributed by atoms with Crippen LogP contribution in [-0.2, 0) is 0 Å². The summed E-state index contributed by atoms with van der Waals surface area (Å²) in [6, 6.07) is 12.5. The molecule has 0 saturated heterocycles. The van der Waals surface area contributed by atoms with Crippen LogP contribution in [0.1, 0.15) is 40.1 Å². The van der Waals surface area contributed by atoms with E-state index in [-0.39, 0.29) is 17.9 Å². The summed E-state index contributed by atoms with van der Waals surface area (Å²) in [5.74, 6) is -0.284. The van der Waals surface area contributed by atoms with Crippen molar-refractivity contribution < 1.29 is 9.59 Å². The minimum Gasteiger partial charge on any atom is -0.350 e. The summed E-state index contributed by atoms with van der Waals surface area (Å²) in [5, 5.41) is 5.67. The van der Waals surface area contributed by atoms with Crippen LogP contribution in [0.25, 0.3) is 0 Å². The topological polar surface area (TPSA) is 58.2 Å². The van der Waals surface area contributed by atoms with Crippen LogP contribution in [0.3, 0.4) is 0 Å². The lowest BCUT2D eigenvalue weighted by molar-refractivity contribution is 0.0942. The van der Waals surface area contributed by atoms with Crippen molar-refractivity contribution in [2.75, 3.05) is 5.32 Å². The first-order chi connectivity index (χ1) is 10.9. The maximum absolute atomic E-state index is 12.2. The zero-order valence-electron chi connectivity index (χ0n) is 13.3. The number of carbonyl (C=O) groups excluding carboxylic acids is 2. The Balaban J connectivity index is 2.07. The summed E-state index contributed by atoms with van der Waals surface area (Å²) in [7, 11) is 0. The molecule has 0 fully saturated rings. The average molecular weight is 422 g/mol. The summed E-state index contributed by atoms with van der Waals surface area (Å²) in [5.41, 5.74) is 2.98. The molecule has 0 radical (unpaired) electrons. The number of anilines is 1. The maximum atomic E-state index is 12.2. The Labute approximate surface area is 149 Å². The summed E-state index contributed by atoms with van der Waals surface area (Å²) in [6.07, 6.45) is 0. The number of hydrogen-bond acceptors (Lipinski definition) is 2. The Hall–Kier alpha value is -1.89. The first-order valence-electron chi connectivity index (χ1n) is 7.35. The smallest absolute Gasteiger partial charge is 0.255 e. The molecule has 0 aliphatic rings. The van der Waals surface area contributed by atoms with E-state index >= 15 is 0 Å². The van der Waals surface area contributed by atoms with Crippen molar-refractivity contribution in [2.45, 2.75) is 26.8 Å². The minimum atomic E-state index is -0.165. The van der Waals surface area contributed by atoms with Gasteiger partial charge in [0.05, 0.1) is 0 Å². The molecule has 0 unspecified atom stereocenters. The predicted octanol–water partition coefficient (Wildman–Crippen LogP) is 3.99. The second kappa shape index (κ2) is 7.59. The van der Waals surface area contributed by atoms with Crippen LogP contribution in [0.5, 0.6) is 0 Å². The molecule has 2 amide bonds. The Kier molecular flexibility index (Phi) is 5.76. The number of nitrogens with one attached hydrogen (secondary N) is 2. The SMILES string of the molecule is Cc1ccc(C(=O)Nc2ccc(C(=O)NC(C)C)cc2)cc1I. The summed E-state index contributed by atoms with van der Waals surface area (Å²) >= 11 is 2.21. The molecule has 2 aromatic rings. The lowest BCUT2D eigenvalue weighted by Crippen LogP contribution is -2.30. The second-order valence-corrected chi connectivity index (χ2v) is 6.79. The molecule has 0 heterocycles. The largest absolute Gasteiger partial charge is 0.350 e. The molecular weight excluding hydrogens is 403 g/mol. The van der Waals surface area contributed by atoms with Crippen LogP contribution >= 0.6 is 22.6 Å². The quantitative estimate of drug-likeness (QED) is 0.733. The van der Waals surface area contributed by atoms with E-state index < -0.39 is 0 Å². The molecule has 23 heavy (non-hydrogen) atoms. The summed E-state index contributed by atoms with van der Waals surface area (Å²) in [6.45, 7) is 5.83. The van der Waals surface area contributed by atoms with Gasteiger partial charge in [0.1, 0.15) is 0 Å². The van der Waals surface area contributed by atoms with E-state index in [4.69, 9.17) is 0 Å². The molecule has 0 aliphatic carbocycles. The van der Waals surface area contributed by atoms with E-state index in [1.165, 1.54) is 0 Å². The highest BCUT2D eigenvalue weighted by atomic mass is 127. The van der Waals surface area contributed by atoms with Crippen molar-refractivity contribution in [3.05, 3.63) is 62.7 Å². The van der Waals surface area contributed by atoms with E-state index in [9.17, 15) is 9.59 Å². The van der Waals surface area contributed by atoms with Crippen LogP contribution in [0.2, 0.25) is 0 Å². The van der Waals surface area contributed by atoms with Gasteiger partial charge in [0.15, 0.2) is 0 Å². The van der Waals surface area contributed by atoms with Gasteiger partial charge in [0.25, 0.3) is 11.8 Å². The number of aryl methyl sites for hydroxylation is 1. The van der Waals surface area contributed by atoms with Crippen molar-refractivity contribution >= 4 is 40.1 Å². The highest BCUT2D eigenvalue weighted by molar-refractivity contribution is 14.1. The van der Waals surface area contributed by atoms with E-state index in [2.05, 4.69) is 33.2 Å². The number of rotatable bonds is 4. The Morgan fingerprint density at radius 3 is 2.13 bits per heavy atom. The Bertz CT molecular complexity index is 724. The molecule has 2 aromatic carbocycles. The standard InChI is InChI=1S/C18H19IN2O2/c1-11(2)20-17(22)13-6-8-15(9-7-13)21-18(23)14-5-4-12(3)16(19)10-14/h4-11H,1-3H3,(H,20,22)(H,21,23). The molecule has 0 aromatic heterocycles. The average Bonchev–Trinajstić information content (AvgIpc) is 2.50. The zero-order valence-corrected chi connectivity index (χ0v) is 15.5. The lowest BCUT2D eigenvalue weighted by atomic mass is 10.1. The van der Waals surface area contributed by atoms with Crippen molar-refractivity contribution in [3.8, 4) is 0 Å². The molecular formula is C18H19IN2O2. The molecule has 2 N–H and O–H groups in total. The van der Waals surface area contributed by atoms with Gasteiger partial charge in [-0.1, -0.05) is 6.07 Å². The van der Waals surface area contributed by atoms with Gasteiger partial charge in [-0.2, -0.15) is 0 Å². The second-order valence-electron chi connectivity index (χ2n) is 5.62. The molecule has 120 valence electrons. The number of benzene rings is 2. The fourth-order valence-corrected chi connectivity index (χ4v) is 2.50. The fourth-order valence-electron chi connectivity index (χ4n) is 1.99. The predicted molar refractivity (Wildman–Crippen MR) is 101 cm³/mol. The van der Waals surface area contributed by atoms with E-state index in [1.54, 1.807) is 30.3 Å². The van der Waals surface area contributed by atoms with E-state index in [1.807, 2.05) is 32.9 Å². The third kappa shape index (κ3) is 4.79. The number of hydrogen-bond donors (Lipinski definition) is 2. The zero-order chi connectivity index (χ0) is 17.0. The maximum Gasteiger partial charge on any atom is 0.255 e. The van der Waals surface area contributed by atoms with Crippen molar-refractivity contribution in [2.24, 2.45) is 0 Å². The van der Waals surface area contributed by atoms with Gasteiger partial charge in [-0.15, -0.1) is 0 Å². The molecule has 0 saturated carbocycles.